The maximum absolute atomic E-state index is 13.4. The molecule has 5 rings (SSSR count). The number of rotatable bonds is 5. The van der Waals surface area contributed by atoms with Gasteiger partial charge in [-0.3, -0.25) is 9.59 Å². The van der Waals surface area contributed by atoms with Gasteiger partial charge in [-0.05, 0) is 80.4 Å². The lowest BCUT2D eigenvalue weighted by Crippen LogP contribution is -2.57. The Morgan fingerprint density at radius 1 is 1.14 bits per heavy atom. The van der Waals surface area contributed by atoms with Gasteiger partial charge >= 0.3 is 0 Å². The quantitative estimate of drug-likeness (QED) is 0.745. The number of benzene rings is 1. The van der Waals surface area contributed by atoms with Crippen LogP contribution >= 0.6 is 11.6 Å². The topological polar surface area (TPSA) is 82.0 Å². The number of amides is 2. The first-order chi connectivity index (χ1) is 13.8. The maximum Gasteiger partial charge on any atom is 0.247 e. The van der Waals surface area contributed by atoms with Gasteiger partial charge in [-0.2, -0.15) is 5.26 Å². The van der Waals surface area contributed by atoms with Gasteiger partial charge in [-0.15, -0.1) is 0 Å². The van der Waals surface area contributed by atoms with Crippen molar-refractivity contribution in [1.29, 1.82) is 5.26 Å². The summed E-state index contributed by atoms with van der Waals surface area (Å²) in [6.07, 6.45) is 6.76. The average Bonchev–Trinajstić information content (AvgIpc) is 2.64. The first-order valence-corrected chi connectivity index (χ1v) is 11.0. The van der Waals surface area contributed by atoms with Gasteiger partial charge in [-0.1, -0.05) is 25.4 Å². The molecule has 0 radical (unpaired) electrons. The van der Waals surface area contributed by atoms with Crippen molar-refractivity contribution in [1.82, 2.24) is 5.32 Å². The molecule has 6 heteroatoms. The maximum atomic E-state index is 13.4. The fraction of sp³-hybridized carbons (Fsp3) is 0.609. The van der Waals surface area contributed by atoms with Crippen molar-refractivity contribution in [2.24, 2.45) is 29.1 Å². The predicted molar refractivity (Wildman–Crippen MR) is 112 cm³/mol. The number of nitrogens with zero attached hydrogens (tertiary/aromatic N) is 1. The molecule has 4 aliphatic rings. The van der Waals surface area contributed by atoms with E-state index in [2.05, 4.69) is 10.6 Å². The van der Waals surface area contributed by atoms with Crippen molar-refractivity contribution in [2.75, 3.05) is 5.32 Å². The number of hydrogen-bond acceptors (Lipinski definition) is 3. The number of carbonyl (C=O) groups is 2. The summed E-state index contributed by atoms with van der Waals surface area (Å²) in [7, 11) is 0. The molecule has 154 valence electrons. The van der Waals surface area contributed by atoms with Gasteiger partial charge in [0.2, 0.25) is 11.8 Å². The normalized spacial score (nSPS) is 30.7. The summed E-state index contributed by atoms with van der Waals surface area (Å²) in [6, 6.07) is 6.20. The minimum Gasteiger partial charge on any atom is -0.344 e. The monoisotopic (exact) mass is 413 g/mol. The molecule has 0 heterocycles. The smallest absolute Gasteiger partial charge is 0.247 e. The van der Waals surface area contributed by atoms with Crippen molar-refractivity contribution >= 4 is 29.1 Å². The van der Waals surface area contributed by atoms with Crippen LogP contribution in [0.2, 0.25) is 5.02 Å². The summed E-state index contributed by atoms with van der Waals surface area (Å²) in [5, 5.41) is 15.2. The van der Waals surface area contributed by atoms with E-state index in [0.29, 0.717) is 34.0 Å². The number of hydrogen-bond donors (Lipinski definition) is 2. The highest BCUT2D eigenvalue weighted by molar-refractivity contribution is 6.32. The summed E-state index contributed by atoms with van der Waals surface area (Å²) in [5.74, 6) is 1.81. The number of anilines is 1. The van der Waals surface area contributed by atoms with E-state index in [4.69, 9.17) is 16.9 Å². The molecule has 0 spiro atoms. The fourth-order valence-electron chi connectivity index (χ4n) is 6.12. The van der Waals surface area contributed by atoms with Gasteiger partial charge in [0.05, 0.1) is 10.6 Å². The van der Waals surface area contributed by atoms with Crippen molar-refractivity contribution in [2.45, 2.75) is 58.4 Å². The second-order valence-electron chi connectivity index (χ2n) is 9.69. The molecule has 4 saturated carbocycles. The molecule has 0 aliphatic heterocycles. The van der Waals surface area contributed by atoms with E-state index in [1.807, 2.05) is 19.9 Å². The Hall–Kier alpha value is -2.06. The summed E-state index contributed by atoms with van der Waals surface area (Å²) in [4.78, 5) is 26.3. The van der Waals surface area contributed by atoms with Crippen LogP contribution < -0.4 is 10.6 Å². The summed E-state index contributed by atoms with van der Waals surface area (Å²) < 4.78 is 0. The van der Waals surface area contributed by atoms with Gasteiger partial charge in [-0.25, -0.2) is 0 Å². The van der Waals surface area contributed by atoms with E-state index in [-0.39, 0.29) is 23.1 Å². The van der Waals surface area contributed by atoms with Crippen LogP contribution in [0.25, 0.3) is 0 Å². The van der Waals surface area contributed by atoms with E-state index in [1.54, 1.807) is 18.2 Å². The second kappa shape index (κ2) is 7.65. The molecule has 29 heavy (non-hydrogen) atoms. The summed E-state index contributed by atoms with van der Waals surface area (Å²) in [6.45, 7) is 3.88. The van der Waals surface area contributed by atoms with Gasteiger partial charge in [0, 0.05) is 11.1 Å². The molecule has 0 aromatic heterocycles. The highest BCUT2D eigenvalue weighted by Crippen LogP contribution is 2.60. The van der Waals surface area contributed by atoms with Crippen LogP contribution in [0.1, 0.15) is 57.9 Å². The number of nitrogens with one attached hydrogen (secondary N) is 2. The van der Waals surface area contributed by atoms with Crippen LogP contribution in [-0.4, -0.2) is 17.9 Å². The minimum absolute atomic E-state index is 0.0401. The molecule has 1 aromatic rings. The zero-order chi connectivity index (χ0) is 20.8. The minimum atomic E-state index is -0.607. The Kier molecular flexibility index (Phi) is 5.33. The number of nitriles is 1. The van der Waals surface area contributed by atoms with E-state index in [1.165, 1.54) is 19.3 Å². The van der Waals surface area contributed by atoms with Crippen molar-refractivity contribution < 1.29 is 9.59 Å². The molecule has 4 bridgehead atoms. The van der Waals surface area contributed by atoms with E-state index >= 15 is 0 Å². The molecule has 2 amide bonds. The van der Waals surface area contributed by atoms with Gasteiger partial charge < -0.3 is 10.6 Å². The Morgan fingerprint density at radius 3 is 2.21 bits per heavy atom. The summed E-state index contributed by atoms with van der Waals surface area (Å²) in [5.41, 5.74) is 0.605. The summed E-state index contributed by atoms with van der Waals surface area (Å²) >= 11 is 6.07. The third-order valence-electron chi connectivity index (χ3n) is 7.11. The van der Waals surface area contributed by atoms with Crippen LogP contribution in [0, 0.1) is 40.4 Å². The standard InChI is InChI=1S/C23H28ClN3O2/c1-13(2)20(21(28)26-18-4-3-17(12-25)19(24)8-18)27-22(29)23-9-14-5-15(10-23)7-16(6-14)11-23/h3-4,8,13-16,20H,5-7,9-11H2,1-2H3,(H,26,28)(H,27,29). The lowest BCUT2D eigenvalue weighted by atomic mass is 9.49. The molecule has 1 unspecified atom stereocenters. The van der Waals surface area contributed by atoms with Crippen LogP contribution in [-0.2, 0) is 9.59 Å². The molecule has 1 atom stereocenters. The van der Waals surface area contributed by atoms with Crippen LogP contribution in [0.5, 0.6) is 0 Å². The fourth-order valence-corrected chi connectivity index (χ4v) is 6.34. The third kappa shape index (κ3) is 3.88. The SMILES string of the molecule is CC(C)C(NC(=O)C12CC3CC(CC(C3)C1)C2)C(=O)Nc1ccc(C#N)c(Cl)c1. The van der Waals surface area contributed by atoms with Crippen molar-refractivity contribution in [3.05, 3.63) is 28.8 Å². The molecule has 4 aliphatic carbocycles. The molecule has 2 N–H and O–H groups in total. The Morgan fingerprint density at radius 2 is 1.72 bits per heavy atom. The van der Waals surface area contributed by atoms with Crippen LogP contribution in [0.15, 0.2) is 18.2 Å². The van der Waals surface area contributed by atoms with Crippen LogP contribution in [0.3, 0.4) is 0 Å². The third-order valence-corrected chi connectivity index (χ3v) is 7.43. The predicted octanol–water partition coefficient (Wildman–Crippen LogP) is 4.51. The van der Waals surface area contributed by atoms with E-state index < -0.39 is 6.04 Å². The first-order valence-electron chi connectivity index (χ1n) is 10.6. The van der Waals surface area contributed by atoms with E-state index in [9.17, 15) is 9.59 Å². The highest BCUT2D eigenvalue weighted by atomic mass is 35.5. The second-order valence-corrected chi connectivity index (χ2v) is 10.1. The zero-order valence-electron chi connectivity index (χ0n) is 17.0. The molecular weight excluding hydrogens is 386 g/mol. The largest absolute Gasteiger partial charge is 0.344 e. The molecule has 1 aromatic carbocycles. The van der Waals surface area contributed by atoms with Gasteiger partial charge in [0.1, 0.15) is 12.1 Å². The highest BCUT2D eigenvalue weighted by Gasteiger charge is 2.55. The first kappa shape index (κ1) is 20.2. The number of halogens is 1. The lowest BCUT2D eigenvalue weighted by Gasteiger charge is -2.55. The van der Waals surface area contributed by atoms with Gasteiger partial charge in [0.25, 0.3) is 0 Å². The van der Waals surface area contributed by atoms with Crippen molar-refractivity contribution in [3.8, 4) is 6.07 Å². The molecule has 0 saturated heterocycles. The Balaban J connectivity index is 1.46. The lowest BCUT2D eigenvalue weighted by molar-refractivity contribution is -0.148. The zero-order valence-corrected chi connectivity index (χ0v) is 17.8. The average molecular weight is 414 g/mol. The molecular formula is C23H28ClN3O2. The van der Waals surface area contributed by atoms with E-state index in [0.717, 1.165) is 19.3 Å². The van der Waals surface area contributed by atoms with Crippen molar-refractivity contribution in [3.63, 3.8) is 0 Å². The Bertz CT molecular complexity index is 838. The Labute approximate surface area is 177 Å². The van der Waals surface area contributed by atoms with Crippen LogP contribution in [0.4, 0.5) is 5.69 Å². The molecule has 5 nitrogen and oxygen atoms in total. The number of carbonyl (C=O) groups excluding carboxylic acids is 2. The van der Waals surface area contributed by atoms with Gasteiger partial charge in [0.15, 0.2) is 0 Å². The molecule has 4 fully saturated rings.